The van der Waals surface area contributed by atoms with Crippen LogP contribution in [0.15, 0.2) is 24.7 Å². The molecular weight excluding hydrogens is 392 g/mol. The first-order chi connectivity index (χ1) is 11.2. The predicted octanol–water partition coefficient (Wildman–Crippen LogP) is 2.90. The Balaban J connectivity index is -0.000000626. The van der Waals surface area contributed by atoms with Gasteiger partial charge in [0.15, 0.2) is 11.5 Å². The van der Waals surface area contributed by atoms with E-state index in [4.69, 9.17) is 23.4 Å². The smallest absolute Gasteiger partial charge is 0 e. The zero-order chi connectivity index (χ0) is 19.6. The predicted molar refractivity (Wildman–Crippen MR) is 94.6 cm³/mol. The van der Waals surface area contributed by atoms with Crippen molar-refractivity contribution in [2.75, 3.05) is 0 Å². The molecule has 8 heteroatoms. The zero-order valence-corrected chi connectivity index (χ0v) is 18.5. The summed E-state index contributed by atoms with van der Waals surface area (Å²) in [5, 5.41) is 2.67. The van der Waals surface area contributed by atoms with Crippen LogP contribution in [0.1, 0.15) is 0 Å². The van der Waals surface area contributed by atoms with Gasteiger partial charge in [0.05, 0.1) is 16.1 Å². The second-order valence-electron chi connectivity index (χ2n) is 6.83. The summed E-state index contributed by atoms with van der Waals surface area (Å²) in [5.74, 6) is 1.91. The molecule has 25 heavy (non-hydrogen) atoms. The van der Waals surface area contributed by atoms with Crippen LogP contribution in [0.4, 0.5) is 0 Å². The number of fused-ring (bicyclic) bond motifs is 1. The molecule has 134 valence electrons. The van der Waals surface area contributed by atoms with E-state index in [1.54, 1.807) is 12.5 Å². The molecule has 1 aromatic rings. The minimum Gasteiger partial charge on any atom is 0 e. The van der Waals surface area contributed by atoms with Crippen molar-refractivity contribution in [2.45, 2.75) is 39.3 Å². The van der Waals surface area contributed by atoms with E-state index in [1.807, 2.05) is 0 Å². The molecule has 1 aromatic carbocycles. The maximum Gasteiger partial charge on any atom is 0 e. The van der Waals surface area contributed by atoms with Gasteiger partial charge in [0.2, 0.25) is 0 Å². The van der Waals surface area contributed by atoms with Crippen molar-refractivity contribution in [2.24, 2.45) is 0 Å². The fourth-order valence-corrected chi connectivity index (χ4v) is 5.04. The minimum atomic E-state index is -1.42. The van der Waals surface area contributed by atoms with Gasteiger partial charge in [-0.15, -0.1) is 0 Å². The van der Waals surface area contributed by atoms with Gasteiger partial charge in [-0.2, -0.15) is 0 Å². The van der Waals surface area contributed by atoms with Crippen LogP contribution in [-0.2, 0) is 31.3 Å². The number of hydrogen-bond donors (Lipinski definition) is 0. The van der Waals surface area contributed by atoms with Gasteiger partial charge in [-0.1, -0.05) is 51.4 Å². The fraction of sp³-hybridized carbons (Fsp3) is 0.353. The van der Waals surface area contributed by atoms with E-state index >= 15 is 0 Å². The molecule has 0 radical (unpaired) electrons. The van der Waals surface area contributed by atoms with Gasteiger partial charge >= 0.3 is 33.9 Å². The topological polar surface area (TPSA) is 78.2 Å². The number of benzene rings is 1. The second-order valence-corrected chi connectivity index (χ2v) is 16.9. The van der Waals surface area contributed by atoms with Crippen molar-refractivity contribution >= 4 is 26.5 Å². The first-order valence-electron chi connectivity index (χ1n) is 6.99. The van der Waals surface area contributed by atoms with E-state index in [2.05, 4.69) is 71.4 Å². The number of ether oxygens (including phenoxy) is 2. The van der Waals surface area contributed by atoms with Gasteiger partial charge in [-0.05, 0) is 10.4 Å². The van der Waals surface area contributed by atoms with Crippen LogP contribution in [0.2, 0.25) is 39.3 Å². The third kappa shape index (κ3) is 8.11. The van der Waals surface area contributed by atoms with Crippen LogP contribution in [0.25, 0.3) is 0 Å². The monoisotopic (exact) mass is 414 g/mol. The van der Waals surface area contributed by atoms with E-state index in [1.165, 1.54) is 10.4 Å². The van der Waals surface area contributed by atoms with Crippen LogP contribution in [0, 0.1) is 20.0 Å². The first kappa shape index (κ1) is 28.5. The molecule has 5 nitrogen and oxygen atoms in total. The molecule has 0 aromatic heterocycles. The van der Waals surface area contributed by atoms with Crippen molar-refractivity contribution in [3.8, 4) is 11.5 Å². The van der Waals surface area contributed by atoms with E-state index < -0.39 is 16.1 Å². The average molecular weight is 415 g/mol. The third-order valence-corrected chi connectivity index (χ3v) is 7.18. The van der Waals surface area contributed by atoms with Crippen molar-refractivity contribution in [3.05, 3.63) is 44.6 Å². The van der Waals surface area contributed by atoms with E-state index in [-0.39, 0.29) is 17.4 Å². The molecule has 1 heterocycles. The van der Waals surface area contributed by atoms with Crippen LogP contribution >= 0.6 is 0 Å². The van der Waals surface area contributed by atoms with E-state index in [9.17, 15) is 0 Å². The molecule has 1 aliphatic rings. The SMILES string of the molecule is C[Si](C)(C)c1ccc([Si](C)(C)C)c2c1OC=CO2.[C-]#[O+].[C-]#[O+].[C-]#[O+].[Cr]. The summed E-state index contributed by atoms with van der Waals surface area (Å²) in [6.07, 6.45) is 3.28. The Labute approximate surface area is 162 Å². The van der Waals surface area contributed by atoms with Crippen LogP contribution < -0.4 is 19.8 Å². The normalized spacial score (nSPS) is 10.9. The molecule has 0 fully saturated rings. The Morgan fingerprint density at radius 2 is 0.880 bits per heavy atom. The zero-order valence-electron chi connectivity index (χ0n) is 15.3. The van der Waals surface area contributed by atoms with E-state index in [0.29, 0.717) is 0 Å². The quantitative estimate of drug-likeness (QED) is 0.424. The maximum absolute atomic E-state index is 7.50. The molecule has 0 bridgehead atoms. The Kier molecular flexibility index (Phi) is 14.9. The van der Waals surface area contributed by atoms with Gasteiger partial charge in [0, 0.05) is 17.4 Å². The van der Waals surface area contributed by atoms with Crippen molar-refractivity contribution in [3.63, 3.8) is 0 Å². The Hall–Kier alpha value is -1.25. The average Bonchev–Trinajstić information content (AvgIpc) is 2.57. The molecule has 0 N–H and O–H groups in total. The van der Waals surface area contributed by atoms with Crippen molar-refractivity contribution in [1.82, 2.24) is 0 Å². The Bertz CT molecular complexity index is 564. The van der Waals surface area contributed by atoms with Crippen molar-refractivity contribution < 1.29 is 40.8 Å². The Morgan fingerprint density at radius 3 is 1.08 bits per heavy atom. The summed E-state index contributed by atoms with van der Waals surface area (Å²) >= 11 is 0. The summed E-state index contributed by atoms with van der Waals surface area (Å²) in [6, 6.07) is 4.50. The summed E-state index contributed by atoms with van der Waals surface area (Å²) < 4.78 is 34.0. The summed E-state index contributed by atoms with van der Waals surface area (Å²) in [4.78, 5) is 0. The standard InChI is InChI=1S/C14H22O2Si2.3CO.Cr/c1-17(2,3)11-7-8-12(18(4,5)6)14-13(11)15-9-10-16-14;3*1-2;/h7-10H,1-6H3;;;;. The molecule has 0 amide bonds. The van der Waals surface area contributed by atoms with Gasteiger partial charge in [0.1, 0.15) is 12.5 Å². The largest absolute Gasteiger partial charge is 0 e. The maximum atomic E-state index is 7.50. The number of hydrogen-bond acceptors (Lipinski definition) is 2. The van der Waals surface area contributed by atoms with Crippen molar-refractivity contribution in [1.29, 1.82) is 0 Å². The molecule has 0 unspecified atom stereocenters. The molecule has 1 aliphatic heterocycles. The first-order valence-corrected chi connectivity index (χ1v) is 14.0. The molecule has 0 spiro atoms. The molecule has 0 atom stereocenters. The van der Waals surface area contributed by atoms with Gasteiger partial charge in [0.25, 0.3) is 0 Å². The molecule has 0 saturated heterocycles. The molecular formula is C17H22CrO5Si2. The fourth-order valence-electron chi connectivity index (χ4n) is 2.17. The Morgan fingerprint density at radius 1 is 0.640 bits per heavy atom. The van der Waals surface area contributed by atoms with Gasteiger partial charge < -0.3 is 9.47 Å². The summed E-state index contributed by atoms with van der Waals surface area (Å²) in [5.41, 5.74) is 0. The van der Waals surface area contributed by atoms with Gasteiger partial charge in [-0.3, -0.25) is 0 Å². The van der Waals surface area contributed by atoms with Crippen LogP contribution in [0.3, 0.4) is 0 Å². The van der Waals surface area contributed by atoms with Gasteiger partial charge in [-0.25, -0.2) is 0 Å². The van der Waals surface area contributed by atoms with E-state index in [0.717, 1.165) is 11.5 Å². The second kappa shape index (κ2) is 13.0. The number of rotatable bonds is 2. The summed E-state index contributed by atoms with van der Waals surface area (Å²) in [7, 11) is -2.84. The summed E-state index contributed by atoms with van der Waals surface area (Å²) in [6.45, 7) is 27.5. The molecule has 0 aliphatic carbocycles. The minimum absolute atomic E-state index is 0. The van der Waals surface area contributed by atoms with Crippen LogP contribution in [0.5, 0.6) is 11.5 Å². The third-order valence-electron chi connectivity index (χ3n) is 3.16. The molecule has 0 saturated carbocycles. The molecule has 2 rings (SSSR count). The van der Waals surface area contributed by atoms with Crippen LogP contribution in [-0.4, -0.2) is 16.1 Å².